The van der Waals surface area contributed by atoms with Crippen LogP contribution in [0.3, 0.4) is 0 Å². The van der Waals surface area contributed by atoms with Crippen molar-refractivity contribution in [2.75, 3.05) is 44.8 Å². The van der Waals surface area contributed by atoms with Gasteiger partial charge in [-0.05, 0) is 24.3 Å². The molecule has 0 saturated carbocycles. The van der Waals surface area contributed by atoms with Crippen molar-refractivity contribution < 1.29 is 14.3 Å². The first-order valence-electron chi connectivity index (χ1n) is 9.34. The maximum Gasteiger partial charge on any atom is 0.274 e. The van der Waals surface area contributed by atoms with Gasteiger partial charge in [0.05, 0.1) is 24.4 Å². The summed E-state index contributed by atoms with van der Waals surface area (Å²) < 4.78 is 11.3. The van der Waals surface area contributed by atoms with Crippen LogP contribution in [0.4, 0.5) is 5.69 Å². The minimum Gasteiger partial charge on any atom is -0.492 e. The van der Waals surface area contributed by atoms with E-state index in [2.05, 4.69) is 20.2 Å². The Morgan fingerprint density at radius 2 is 1.96 bits per heavy atom. The summed E-state index contributed by atoms with van der Waals surface area (Å²) >= 11 is 0. The fourth-order valence-corrected chi connectivity index (χ4v) is 3.14. The summed E-state index contributed by atoms with van der Waals surface area (Å²) in [5, 5.41) is 3.82. The Balaban J connectivity index is 1.50. The number of carbonyl (C=O) groups excluding carboxylic acids is 1. The number of morpholine rings is 1. The van der Waals surface area contributed by atoms with Crippen LogP contribution in [-0.4, -0.2) is 60.2 Å². The normalized spacial score (nSPS) is 14.7. The number of aromatic nitrogens is 2. The average Bonchev–Trinajstić information content (AvgIpc) is 2.75. The van der Waals surface area contributed by atoms with Crippen LogP contribution in [0.2, 0.25) is 0 Å². The third kappa shape index (κ3) is 4.44. The number of amides is 1. The van der Waals surface area contributed by atoms with Gasteiger partial charge in [0.1, 0.15) is 18.1 Å². The molecular weight excluding hydrogens is 356 g/mol. The van der Waals surface area contributed by atoms with Gasteiger partial charge in [-0.1, -0.05) is 12.1 Å². The number of nitrogens with one attached hydrogen (secondary N) is 1. The summed E-state index contributed by atoms with van der Waals surface area (Å²) in [4.78, 5) is 23.4. The molecule has 0 unspecified atom stereocenters. The van der Waals surface area contributed by atoms with Crippen molar-refractivity contribution in [3.8, 4) is 5.75 Å². The Morgan fingerprint density at radius 1 is 1.11 bits per heavy atom. The highest BCUT2D eigenvalue weighted by Crippen LogP contribution is 2.28. The van der Waals surface area contributed by atoms with Gasteiger partial charge in [-0.25, -0.2) is 0 Å². The zero-order chi connectivity index (χ0) is 19.2. The number of anilines is 1. The Bertz CT molecular complexity index is 943. The molecule has 0 aliphatic carbocycles. The van der Waals surface area contributed by atoms with Crippen LogP contribution in [0, 0.1) is 0 Å². The molecule has 3 heterocycles. The van der Waals surface area contributed by atoms with Crippen molar-refractivity contribution in [1.82, 2.24) is 14.9 Å². The molecule has 1 aromatic carbocycles. The molecule has 0 atom stereocenters. The number of hydrogen-bond donors (Lipinski definition) is 1. The first kappa shape index (κ1) is 18.3. The van der Waals surface area contributed by atoms with E-state index in [1.807, 2.05) is 24.3 Å². The molecule has 1 fully saturated rings. The van der Waals surface area contributed by atoms with Crippen LogP contribution in [0.25, 0.3) is 10.9 Å². The summed E-state index contributed by atoms with van der Waals surface area (Å²) in [5.74, 6) is 0.420. The minimum atomic E-state index is -0.280. The summed E-state index contributed by atoms with van der Waals surface area (Å²) in [7, 11) is 0. The molecule has 3 aromatic rings. The van der Waals surface area contributed by atoms with E-state index in [0.717, 1.165) is 38.2 Å². The molecule has 4 rings (SSSR count). The molecular formula is C21H22N4O3. The van der Waals surface area contributed by atoms with Crippen molar-refractivity contribution in [1.29, 1.82) is 0 Å². The molecule has 1 aliphatic heterocycles. The first-order valence-corrected chi connectivity index (χ1v) is 9.34. The second kappa shape index (κ2) is 8.77. The smallest absolute Gasteiger partial charge is 0.274 e. The molecule has 1 saturated heterocycles. The molecule has 0 bridgehead atoms. The summed E-state index contributed by atoms with van der Waals surface area (Å²) in [6.45, 7) is 4.80. The van der Waals surface area contributed by atoms with E-state index in [1.165, 1.54) is 0 Å². The number of ether oxygens (including phenoxy) is 2. The van der Waals surface area contributed by atoms with E-state index in [0.29, 0.717) is 29.3 Å². The highest BCUT2D eigenvalue weighted by atomic mass is 16.5. The fourth-order valence-electron chi connectivity index (χ4n) is 3.14. The van der Waals surface area contributed by atoms with Gasteiger partial charge in [0, 0.05) is 43.5 Å². The molecule has 0 radical (unpaired) electrons. The van der Waals surface area contributed by atoms with Crippen LogP contribution in [0.5, 0.6) is 5.75 Å². The summed E-state index contributed by atoms with van der Waals surface area (Å²) in [6, 6.07) is 12.8. The minimum absolute atomic E-state index is 0.280. The van der Waals surface area contributed by atoms with Gasteiger partial charge in [0.25, 0.3) is 5.91 Å². The van der Waals surface area contributed by atoms with Gasteiger partial charge in [-0.3, -0.25) is 19.7 Å². The molecule has 144 valence electrons. The Morgan fingerprint density at radius 3 is 2.79 bits per heavy atom. The van der Waals surface area contributed by atoms with E-state index < -0.39 is 0 Å². The molecule has 0 spiro atoms. The Kier molecular flexibility index (Phi) is 5.75. The topological polar surface area (TPSA) is 76.6 Å². The highest BCUT2D eigenvalue weighted by molar-refractivity contribution is 6.07. The SMILES string of the molecule is O=C(Nc1cc(OCCN2CCOCC2)cc2cccnc12)c1ccccn1. The van der Waals surface area contributed by atoms with Gasteiger partial charge in [0.15, 0.2) is 0 Å². The zero-order valence-electron chi connectivity index (χ0n) is 15.5. The summed E-state index contributed by atoms with van der Waals surface area (Å²) in [6.07, 6.45) is 3.30. The standard InChI is InChI=1S/C21H22N4O3/c26-21(18-5-1-2-6-22-18)24-19-15-17(14-16-4-3-7-23-20(16)19)28-13-10-25-8-11-27-12-9-25/h1-7,14-15H,8-13H2,(H,24,26). The van der Waals surface area contributed by atoms with Gasteiger partial charge in [-0.15, -0.1) is 0 Å². The molecule has 1 amide bonds. The number of benzene rings is 1. The van der Waals surface area contributed by atoms with Crippen molar-refractivity contribution in [2.45, 2.75) is 0 Å². The second-order valence-electron chi connectivity index (χ2n) is 6.52. The number of nitrogens with zero attached hydrogens (tertiary/aromatic N) is 3. The van der Waals surface area contributed by atoms with E-state index >= 15 is 0 Å². The van der Waals surface area contributed by atoms with Crippen LogP contribution in [-0.2, 0) is 4.74 Å². The van der Waals surface area contributed by atoms with E-state index in [-0.39, 0.29) is 5.91 Å². The zero-order valence-corrected chi connectivity index (χ0v) is 15.5. The van der Waals surface area contributed by atoms with Crippen LogP contribution < -0.4 is 10.1 Å². The quantitative estimate of drug-likeness (QED) is 0.711. The molecule has 7 nitrogen and oxygen atoms in total. The maximum absolute atomic E-state index is 12.5. The highest BCUT2D eigenvalue weighted by Gasteiger charge is 2.13. The van der Waals surface area contributed by atoms with Gasteiger partial charge in [-0.2, -0.15) is 0 Å². The molecule has 7 heteroatoms. The van der Waals surface area contributed by atoms with E-state index in [1.54, 1.807) is 30.6 Å². The number of fused-ring (bicyclic) bond motifs is 1. The Hall–Kier alpha value is -3.03. The van der Waals surface area contributed by atoms with Gasteiger partial charge in [0.2, 0.25) is 0 Å². The lowest BCUT2D eigenvalue weighted by Crippen LogP contribution is -2.38. The van der Waals surface area contributed by atoms with Crippen LogP contribution in [0.1, 0.15) is 10.5 Å². The van der Waals surface area contributed by atoms with Crippen LogP contribution >= 0.6 is 0 Å². The number of carbonyl (C=O) groups is 1. The lowest BCUT2D eigenvalue weighted by atomic mass is 10.1. The van der Waals surface area contributed by atoms with Crippen LogP contribution in [0.15, 0.2) is 54.9 Å². The lowest BCUT2D eigenvalue weighted by molar-refractivity contribution is 0.0322. The monoisotopic (exact) mass is 378 g/mol. The largest absolute Gasteiger partial charge is 0.492 e. The van der Waals surface area contributed by atoms with Crippen molar-refractivity contribution >= 4 is 22.5 Å². The van der Waals surface area contributed by atoms with E-state index in [9.17, 15) is 4.79 Å². The molecule has 2 aromatic heterocycles. The number of pyridine rings is 2. The third-order valence-corrected chi connectivity index (χ3v) is 4.60. The Labute approximate surface area is 163 Å². The molecule has 1 N–H and O–H groups in total. The number of hydrogen-bond acceptors (Lipinski definition) is 6. The van der Waals surface area contributed by atoms with Gasteiger partial charge >= 0.3 is 0 Å². The first-order chi connectivity index (χ1) is 13.8. The predicted molar refractivity (Wildman–Crippen MR) is 107 cm³/mol. The van der Waals surface area contributed by atoms with Crippen molar-refractivity contribution in [3.63, 3.8) is 0 Å². The third-order valence-electron chi connectivity index (χ3n) is 4.60. The predicted octanol–water partition coefficient (Wildman–Crippen LogP) is 2.59. The lowest BCUT2D eigenvalue weighted by Gasteiger charge is -2.26. The second-order valence-corrected chi connectivity index (χ2v) is 6.52. The van der Waals surface area contributed by atoms with Crippen molar-refractivity contribution in [2.24, 2.45) is 0 Å². The van der Waals surface area contributed by atoms with Gasteiger partial charge < -0.3 is 14.8 Å². The summed E-state index contributed by atoms with van der Waals surface area (Å²) in [5.41, 5.74) is 1.67. The van der Waals surface area contributed by atoms with Crippen molar-refractivity contribution in [3.05, 3.63) is 60.6 Å². The molecule has 28 heavy (non-hydrogen) atoms. The fraction of sp³-hybridized carbons (Fsp3) is 0.286. The van der Waals surface area contributed by atoms with E-state index in [4.69, 9.17) is 9.47 Å². The number of rotatable bonds is 6. The maximum atomic E-state index is 12.5. The molecule has 1 aliphatic rings. The average molecular weight is 378 g/mol.